The van der Waals surface area contributed by atoms with Crippen LogP contribution >= 0.6 is 11.8 Å². The molecule has 1 aliphatic heterocycles. The monoisotopic (exact) mass is 700 g/mol. The predicted molar refractivity (Wildman–Crippen MR) is 171 cm³/mol. The molecule has 4 N–H and O–H groups in total. The van der Waals surface area contributed by atoms with Crippen LogP contribution in [0.15, 0.2) is 57.4 Å². The van der Waals surface area contributed by atoms with Gasteiger partial charge in [-0.3, -0.25) is 20.0 Å². The fourth-order valence-corrected chi connectivity index (χ4v) is 8.60. The van der Waals surface area contributed by atoms with E-state index in [1.54, 1.807) is 6.07 Å². The number of anilines is 3. The Bertz CT molecular complexity index is 2030. The van der Waals surface area contributed by atoms with E-state index < -0.39 is 41.7 Å². The lowest BCUT2D eigenvalue weighted by molar-refractivity contribution is -0.387. The molecule has 0 unspecified atom stereocenters. The van der Waals surface area contributed by atoms with Gasteiger partial charge in [0.05, 0.1) is 21.8 Å². The molecule has 2 aromatic carbocycles. The second-order valence-corrected chi connectivity index (χ2v) is 14.8. The van der Waals surface area contributed by atoms with Gasteiger partial charge in [-0.25, -0.2) is 22.8 Å². The lowest BCUT2D eigenvalue weighted by atomic mass is 9.96. The Labute approximate surface area is 277 Å². The lowest BCUT2D eigenvalue weighted by Gasteiger charge is -2.32. The van der Waals surface area contributed by atoms with Crippen molar-refractivity contribution in [1.82, 2.24) is 20.2 Å². The van der Waals surface area contributed by atoms with Crippen LogP contribution in [0.4, 0.5) is 31.9 Å². The van der Waals surface area contributed by atoms with E-state index in [2.05, 4.69) is 25.5 Å². The minimum Gasteiger partial charge on any atom is -0.490 e. The molecular formula is C30H30F2N8O6S2. The number of piperidine rings is 1. The minimum atomic E-state index is -4.36. The van der Waals surface area contributed by atoms with Gasteiger partial charge in [-0.05, 0) is 62.6 Å². The van der Waals surface area contributed by atoms with Crippen LogP contribution in [0.3, 0.4) is 0 Å². The summed E-state index contributed by atoms with van der Waals surface area (Å²) in [5.41, 5.74) is 5.15. The summed E-state index contributed by atoms with van der Waals surface area (Å²) < 4.78 is 62.2. The van der Waals surface area contributed by atoms with E-state index in [-0.39, 0.29) is 46.1 Å². The molecular weight excluding hydrogens is 671 g/mol. The molecule has 6 rings (SSSR count). The number of H-pyrrole nitrogens is 1. The summed E-state index contributed by atoms with van der Waals surface area (Å²) in [4.78, 5) is 32.9. The number of aryl methyl sites for hydroxylation is 1. The first kappa shape index (κ1) is 33.1. The molecule has 14 nitrogen and oxygen atoms in total. The Kier molecular flexibility index (Phi) is 8.71. The normalized spacial score (nSPS) is 16.0. The maximum absolute atomic E-state index is 15.7. The number of halogens is 2. The summed E-state index contributed by atoms with van der Waals surface area (Å²) in [7, 11) is -2.90. The quantitative estimate of drug-likeness (QED) is 0.110. The Morgan fingerprint density at radius 3 is 2.50 bits per heavy atom. The maximum atomic E-state index is 15.7. The van der Waals surface area contributed by atoms with Gasteiger partial charge >= 0.3 is 5.69 Å². The van der Waals surface area contributed by atoms with Crippen LogP contribution in [0.1, 0.15) is 36.9 Å². The van der Waals surface area contributed by atoms with Crippen LogP contribution < -0.4 is 20.7 Å². The highest BCUT2D eigenvalue weighted by atomic mass is 32.2. The third-order valence-electron chi connectivity index (χ3n) is 8.48. The number of hydrogen-bond donors (Lipinski definition) is 3. The number of benzene rings is 2. The van der Waals surface area contributed by atoms with Crippen molar-refractivity contribution in [2.75, 3.05) is 30.4 Å². The number of nitrogens with two attached hydrogens (primary N) is 1. The Hall–Kier alpha value is -4.84. The molecule has 1 saturated heterocycles. The SMILES string of the molecule is COc1c(Nc2cc(C)[nH]n2)nc(Sc2ccc(S(=O)(=O)C3(c4cccc([N+](=O)[O-])c4F)CC3)cc2F)nc1N1CCC(C(N)=O)CC1. The first-order valence-corrected chi connectivity index (χ1v) is 17.1. The first-order valence-electron chi connectivity index (χ1n) is 14.8. The van der Waals surface area contributed by atoms with E-state index in [1.165, 1.54) is 31.4 Å². The van der Waals surface area contributed by atoms with Crippen molar-refractivity contribution < 1.29 is 31.7 Å². The number of amides is 1. The summed E-state index contributed by atoms with van der Waals surface area (Å²) in [5.74, 6) is -1.41. The van der Waals surface area contributed by atoms with Crippen molar-refractivity contribution in [1.29, 1.82) is 0 Å². The second kappa shape index (κ2) is 12.6. The third kappa shape index (κ3) is 6.00. The van der Waals surface area contributed by atoms with E-state index >= 15 is 8.78 Å². The van der Waals surface area contributed by atoms with Gasteiger partial charge in [0.25, 0.3) is 0 Å². The molecule has 3 heterocycles. The Balaban J connectivity index is 1.33. The van der Waals surface area contributed by atoms with Gasteiger partial charge in [-0.2, -0.15) is 9.49 Å². The minimum absolute atomic E-state index is 0.00504. The zero-order valence-electron chi connectivity index (χ0n) is 25.7. The Morgan fingerprint density at radius 2 is 1.92 bits per heavy atom. The highest BCUT2D eigenvalue weighted by Gasteiger charge is 2.58. The number of carbonyl (C=O) groups is 1. The molecule has 0 spiro atoms. The molecule has 0 radical (unpaired) electrons. The van der Waals surface area contributed by atoms with Gasteiger partial charge in [0.2, 0.25) is 17.5 Å². The van der Waals surface area contributed by atoms with Gasteiger partial charge in [0, 0.05) is 42.4 Å². The molecule has 252 valence electrons. The van der Waals surface area contributed by atoms with Crippen molar-refractivity contribution in [2.45, 2.75) is 52.3 Å². The zero-order chi connectivity index (χ0) is 34.4. The number of aromatic nitrogens is 4. The first-order chi connectivity index (χ1) is 22.8. The molecule has 48 heavy (non-hydrogen) atoms. The molecule has 2 fully saturated rings. The number of rotatable bonds is 11. The number of sulfone groups is 1. The summed E-state index contributed by atoms with van der Waals surface area (Å²) >= 11 is 0.842. The summed E-state index contributed by atoms with van der Waals surface area (Å²) in [6.07, 6.45) is 1.04. The van der Waals surface area contributed by atoms with Crippen molar-refractivity contribution in [3.8, 4) is 5.75 Å². The van der Waals surface area contributed by atoms with E-state index in [0.717, 1.165) is 29.6 Å². The average Bonchev–Trinajstić information content (AvgIpc) is 3.77. The number of hydrogen-bond acceptors (Lipinski definition) is 12. The van der Waals surface area contributed by atoms with Crippen molar-refractivity contribution in [3.63, 3.8) is 0 Å². The van der Waals surface area contributed by atoms with Gasteiger partial charge in [-0.15, -0.1) is 0 Å². The van der Waals surface area contributed by atoms with Crippen molar-refractivity contribution >= 4 is 50.6 Å². The number of nitro groups is 1. The molecule has 0 atom stereocenters. The van der Waals surface area contributed by atoms with Gasteiger partial charge in [-0.1, -0.05) is 12.1 Å². The fraction of sp³-hybridized carbons (Fsp3) is 0.333. The number of aromatic amines is 1. The summed E-state index contributed by atoms with van der Waals surface area (Å²) in [6.45, 7) is 2.71. The number of carbonyl (C=O) groups excluding carboxylic acids is 1. The number of methoxy groups -OCH3 is 1. The lowest BCUT2D eigenvalue weighted by Crippen LogP contribution is -2.39. The van der Waals surface area contributed by atoms with E-state index in [1.807, 2.05) is 11.8 Å². The van der Waals surface area contributed by atoms with Crippen molar-refractivity contribution in [3.05, 3.63) is 75.5 Å². The number of nitrogens with one attached hydrogen (secondary N) is 2. The summed E-state index contributed by atoms with van der Waals surface area (Å²) in [6, 6.07) is 8.46. The Morgan fingerprint density at radius 1 is 1.19 bits per heavy atom. The van der Waals surface area contributed by atoms with Crippen LogP contribution in [-0.2, 0) is 19.4 Å². The number of primary amides is 1. The highest BCUT2D eigenvalue weighted by Crippen LogP contribution is 2.56. The fourth-order valence-electron chi connectivity index (χ4n) is 5.79. The van der Waals surface area contributed by atoms with Crippen LogP contribution in [0.25, 0.3) is 0 Å². The molecule has 1 amide bonds. The van der Waals surface area contributed by atoms with Gasteiger partial charge in [0.15, 0.2) is 32.4 Å². The molecule has 0 bridgehead atoms. The van der Waals surface area contributed by atoms with E-state index in [4.69, 9.17) is 10.5 Å². The van der Waals surface area contributed by atoms with Crippen LogP contribution in [0, 0.1) is 34.6 Å². The van der Waals surface area contributed by atoms with E-state index in [9.17, 15) is 23.3 Å². The standard InChI is InChI=1S/C30H30F2N8O6S2/c1-16-14-23(38-37-16)34-27-25(46-2)28(39-12-8-17(9-13-39)26(33)41)36-29(35-27)47-22-7-6-18(15-20(22)31)48(44,45)30(10-11-30)19-4-3-5-21(24(19)32)40(42)43/h3-7,14-15,17H,8-13H2,1-2H3,(H2,33,41)(H2,34,35,36,37,38). The topological polar surface area (TPSA) is 199 Å². The van der Waals surface area contributed by atoms with Crippen LogP contribution in [0.2, 0.25) is 0 Å². The number of nitrogens with zero attached hydrogens (tertiary/aromatic N) is 5. The highest BCUT2D eigenvalue weighted by molar-refractivity contribution is 7.99. The van der Waals surface area contributed by atoms with Crippen LogP contribution in [0.5, 0.6) is 5.75 Å². The number of nitro benzene ring substituents is 1. The predicted octanol–water partition coefficient (Wildman–Crippen LogP) is 4.76. The van der Waals surface area contributed by atoms with Gasteiger partial charge < -0.3 is 20.7 Å². The largest absolute Gasteiger partial charge is 0.490 e. The van der Waals surface area contributed by atoms with Crippen LogP contribution in [-0.4, -0.2) is 59.6 Å². The third-order valence-corrected chi connectivity index (χ3v) is 11.9. The molecule has 1 saturated carbocycles. The maximum Gasteiger partial charge on any atom is 0.305 e. The van der Waals surface area contributed by atoms with Crippen molar-refractivity contribution in [2.24, 2.45) is 11.7 Å². The molecule has 4 aromatic rings. The zero-order valence-corrected chi connectivity index (χ0v) is 27.3. The smallest absolute Gasteiger partial charge is 0.305 e. The average molecular weight is 701 g/mol. The van der Waals surface area contributed by atoms with E-state index in [0.29, 0.717) is 43.3 Å². The molecule has 2 aliphatic rings. The molecule has 1 aliphatic carbocycles. The molecule has 18 heteroatoms. The van der Waals surface area contributed by atoms with Gasteiger partial charge in [0.1, 0.15) is 10.6 Å². The second-order valence-electron chi connectivity index (χ2n) is 11.5. The number of ether oxygens (including phenoxy) is 1. The molecule has 2 aromatic heterocycles. The summed E-state index contributed by atoms with van der Waals surface area (Å²) in [5, 5.41) is 21.5.